The van der Waals surface area contributed by atoms with E-state index < -0.39 is 6.10 Å². The minimum absolute atomic E-state index is 0.107. The molecule has 0 aliphatic rings. The Balaban J connectivity index is 2.71. The van der Waals surface area contributed by atoms with Crippen LogP contribution in [0.4, 0.5) is 5.69 Å². The molecule has 1 atom stereocenters. The number of hydrogen-bond donors (Lipinski definition) is 2. The lowest BCUT2D eigenvalue weighted by molar-refractivity contribution is -0.127. The van der Waals surface area contributed by atoms with Gasteiger partial charge < -0.3 is 15.8 Å². The van der Waals surface area contributed by atoms with Crippen molar-refractivity contribution in [1.29, 1.82) is 0 Å². The fourth-order valence-corrected chi connectivity index (χ4v) is 1.40. The molecule has 4 heteroatoms. The van der Waals surface area contributed by atoms with Gasteiger partial charge in [0, 0.05) is 17.3 Å². The summed E-state index contributed by atoms with van der Waals surface area (Å²) in [5, 5.41) is 2.80. The number of carbonyl (C=O) groups excluding carboxylic acids is 1. The Morgan fingerprint density at radius 3 is 2.59 bits per heavy atom. The van der Waals surface area contributed by atoms with Gasteiger partial charge in [0.2, 0.25) is 0 Å². The molecule has 0 saturated carbocycles. The number of anilines is 1. The molecule has 0 aliphatic heterocycles. The third-order valence-corrected chi connectivity index (χ3v) is 2.43. The third-order valence-electron chi connectivity index (χ3n) is 2.43. The number of nitrogens with one attached hydrogen (secondary N) is 1. The number of ether oxygens (including phenoxy) is 1. The second-order valence-electron chi connectivity index (χ2n) is 4.39. The largest absolute Gasteiger partial charge is 0.481 e. The minimum atomic E-state index is -0.530. The molecule has 1 aromatic rings. The van der Waals surface area contributed by atoms with Crippen molar-refractivity contribution in [3.63, 3.8) is 0 Å². The second-order valence-corrected chi connectivity index (χ2v) is 4.39. The first-order valence-electron chi connectivity index (χ1n) is 5.74. The van der Waals surface area contributed by atoms with E-state index in [1.54, 1.807) is 13.0 Å². The zero-order chi connectivity index (χ0) is 13.0. The van der Waals surface area contributed by atoms with E-state index in [4.69, 9.17) is 10.5 Å². The number of hydrogen-bond acceptors (Lipinski definition) is 3. The van der Waals surface area contributed by atoms with Gasteiger partial charge in [0.05, 0.1) is 0 Å². The van der Waals surface area contributed by atoms with Crippen LogP contribution in [0.3, 0.4) is 0 Å². The summed E-state index contributed by atoms with van der Waals surface area (Å²) in [4.78, 5) is 11.7. The van der Waals surface area contributed by atoms with E-state index in [9.17, 15) is 4.79 Å². The van der Waals surface area contributed by atoms with Crippen molar-refractivity contribution < 1.29 is 9.53 Å². The van der Waals surface area contributed by atoms with Crippen LogP contribution < -0.4 is 15.8 Å². The lowest BCUT2D eigenvalue weighted by Gasteiger charge is -2.18. The molecule has 0 aromatic heterocycles. The SMILES string of the molecule is Cc1c(N)cccc1OC(C)C(=O)NC(C)C. The van der Waals surface area contributed by atoms with Crippen molar-refractivity contribution in [3.8, 4) is 5.75 Å². The molecule has 1 unspecified atom stereocenters. The highest BCUT2D eigenvalue weighted by Crippen LogP contribution is 2.23. The highest BCUT2D eigenvalue weighted by Gasteiger charge is 2.16. The fourth-order valence-electron chi connectivity index (χ4n) is 1.40. The smallest absolute Gasteiger partial charge is 0.260 e. The first-order chi connectivity index (χ1) is 7.91. The lowest BCUT2D eigenvalue weighted by atomic mass is 10.2. The maximum absolute atomic E-state index is 11.7. The van der Waals surface area contributed by atoms with Gasteiger partial charge in [-0.1, -0.05) is 6.07 Å². The zero-order valence-electron chi connectivity index (χ0n) is 10.8. The Morgan fingerprint density at radius 1 is 1.35 bits per heavy atom. The van der Waals surface area contributed by atoms with Gasteiger partial charge in [0.25, 0.3) is 5.91 Å². The third kappa shape index (κ3) is 3.66. The van der Waals surface area contributed by atoms with E-state index in [1.807, 2.05) is 32.9 Å². The van der Waals surface area contributed by atoms with E-state index in [0.29, 0.717) is 11.4 Å². The number of nitrogen functional groups attached to an aromatic ring is 1. The second kappa shape index (κ2) is 5.57. The van der Waals surface area contributed by atoms with Crippen LogP contribution in [0, 0.1) is 6.92 Å². The summed E-state index contributed by atoms with van der Waals surface area (Å²) in [5.41, 5.74) is 7.30. The molecule has 1 rings (SSSR count). The molecule has 4 nitrogen and oxygen atoms in total. The average Bonchev–Trinajstić information content (AvgIpc) is 2.23. The molecular weight excluding hydrogens is 216 g/mol. The maximum atomic E-state index is 11.7. The number of carbonyl (C=O) groups is 1. The van der Waals surface area contributed by atoms with Gasteiger partial charge in [-0.3, -0.25) is 4.79 Å². The number of benzene rings is 1. The van der Waals surface area contributed by atoms with Crippen LogP contribution in [-0.2, 0) is 4.79 Å². The quantitative estimate of drug-likeness (QED) is 0.784. The molecule has 0 spiro atoms. The predicted octanol–water partition coefficient (Wildman–Crippen LogP) is 1.87. The molecule has 0 bridgehead atoms. The summed E-state index contributed by atoms with van der Waals surface area (Å²) in [6.45, 7) is 7.42. The molecular formula is C13H20N2O2. The van der Waals surface area contributed by atoms with Crippen molar-refractivity contribution in [2.24, 2.45) is 0 Å². The lowest BCUT2D eigenvalue weighted by Crippen LogP contribution is -2.40. The Hall–Kier alpha value is -1.71. The van der Waals surface area contributed by atoms with Crippen LogP contribution in [-0.4, -0.2) is 18.1 Å². The molecule has 0 fully saturated rings. The minimum Gasteiger partial charge on any atom is -0.481 e. The van der Waals surface area contributed by atoms with E-state index in [1.165, 1.54) is 0 Å². The summed E-state index contributed by atoms with van der Waals surface area (Å²) < 4.78 is 5.60. The monoisotopic (exact) mass is 236 g/mol. The molecule has 0 radical (unpaired) electrons. The van der Waals surface area contributed by atoms with Gasteiger partial charge in [0.15, 0.2) is 6.10 Å². The van der Waals surface area contributed by atoms with Gasteiger partial charge in [-0.15, -0.1) is 0 Å². The molecule has 0 heterocycles. The van der Waals surface area contributed by atoms with Crippen LogP contribution in [0.15, 0.2) is 18.2 Å². The van der Waals surface area contributed by atoms with Gasteiger partial charge in [-0.25, -0.2) is 0 Å². The van der Waals surface area contributed by atoms with Crippen LogP contribution >= 0.6 is 0 Å². The molecule has 3 N–H and O–H groups in total. The Morgan fingerprint density at radius 2 is 2.00 bits per heavy atom. The molecule has 1 amide bonds. The molecule has 94 valence electrons. The van der Waals surface area contributed by atoms with Crippen molar-refractivity contribution in [2.45, 2.75) is 39.8 Å². The average molecular weight is 236 g/mol. The standard InChI is InChI=1S/C13H20N2O2/c1-8(2)15-13(16)10(4)17-12-7-5-6-11(14)9(12)3/h5-8,10H,14H2,1-4H3,(H,15,16). The number of rotatable bonds is 4. The summed E-state index contributed by atoms with van der Waals surface area (Å²) in [7, 11) is 0. The van der Waals surface area contributed by atoms with Crippen LogP contribution in [0.25, 0.3) is 0 Å². The van der Waals surface area contributed by atoms with Crippen molar-refractivity contribution in [3.05, 3.63) is 23.8 Å². The Kier molecular flexibility index (Phi) is 4.37. The maximum Gasteiger partial charge on any atom is 0.260 e. The van der Waals surface area contributed by atoms with Gasteiger partial charge in [-0.05, 0) is 39.8 Å². The molecule has 0 saturated heterocycles. The zero-order valence-corrected chi connectivity index (χ0v) is 10.8. The first kappa shape index (κ1) is 13.4. The molecule has 17 heavy (non-hydrogen) atoms. The van der Waals surface area contributed by atoms with Crippen molar-refractivity contribution in [1.82, 2.24) is 5.32 Å². The van der Waals surface area contributed by atoms with Gasteiger partial charge in [-0.2, -0.15) is 0 Å². The summed E-state index contributed by atoms with van der Waals surface area (Å²) >= 11 is 0. The topological polar surface area (TPSA) is 64.3 Å². The van der Waals surface area contributed by atoms with Crippen LogP contribution in [0.5, 0.6) is 5.75 Å². The highest BCUT2D eigenvalue weighted by atomic mass is 16.5. The van der Waals surface area contributed by atoms with Gasteiger partial charge >= 0.3 is 0 Å². The van der Waals surface area contributed by atoms with Crippen molar-refractivity contribution >= 4 is 11.6 Å². The van der Waals surface area contributed by atoms with E-state index in [-0.39, 0.29) is 11.9 Å². The molecule has 0 aliphatic carbocycles. The normalized spacial score (nSPS) is 12.3. The summed E-state index contributed by atoms with van der Waals surface area (Å²) in [6, 6.07) is 5.53. The predicted molar refractivity (Wildman–Crippen MR) is 69.0 cm³/mol. The van der Waals surface area contributed by atoms with E-state index >= 15 is 0 Å². The first-order valence-corrected chi connectivity index (χ1v) is 5.74. The highest BCUT2D eigenvalue weighted by molar-refractivity contribution is 5.81. The fraction of sp³-hybridized carbons (Fsp3) is 0.462. The summed E-state index contributed by atoms with van der Waals surface area (Å²) in [5.74, 6) is 0.526. The Bertz CT molecular complexity index is 402. The van der Waals surface area contributed by atoms with Gasteiger partial charge in [0.1, 0.15) is 5.75 Å². The molecule has 1 aromatic carbocycles. The van der Waals surface area contributed by atoms with E-state index in [2.05, 4.69) is 5.32 Å². The Labute approximate surface area is 102 Å². The number of nitrogens with two attached hydrogens (primary N) is 1. The van der Waals surface area contributed by atoms with Crippen LogP contribution in [0.2, 0.25) is 0 Å². The van der Waals surface area contributed by atoms with Crippen molar-refractivity contribution in [2.75, 3.05) is 5.73 Å². The number of amides is 1. The summed E-state index contributed by atoms with van der Waals surface area (Å²) in [6.07, 6.45) is -0.530. The van der Waals surface area contributed by atoms with E-state index in [0.717, 1.165) is 5.56 Å². The van der Waals surface area contributed by atoms with Crippen LogP contribution in [0.1, 0.15) is 26.3 Å².